The van der Waals surface area contributed by atoms with Crippen molar-refractivity contribution in [1.82, 2.24) is 5.32 Å². The minimum Gasteiger partial charge on any atom is -0.349 e. The predicted octanol–water partition coefficient (Wildman–Crippen LogP) is 4.55. The third-order valence-corrected chi connectivity index (χ3v) is 5.92. The Morgan fingerprint density at radius 1 is 1.37 bits per heavy atom. The molecule has 1 N–H and O–H groups in total. The van der Waals surface area contributed by atoms with Crippen molar-refractivity contribution in [2.24, 2.45) is 0 Å². The van der Waals surface area contributed by atoms with Gasteiger partial charge >= 0.3 is 0 Å². The molecule has 0 fully saturated rings. The average Bonchev–Trinajstić information content (AvgIpc) is 2.86. The fourth-order valence-corrected chi connectivity index (χ4v) is 4.27. The number of thiophene rings is 2. The number of rotatable bonds is 4. The van der Waals surface area contributed by atoms with Gasteiger partial charge < -0.3 is 5.32 Å². The summed E-state index contributed by atoms with van der Waals surface area (Å²) >= 11 is 6.72. The molecule has 1 atom stereocenters. The molecule has 1 unspecified atom stereocenters. The first-order valence-electron chi connectivity index (χ1n) is 6.08. The second kappa shape index (κ2) is 6.20. The van der Waals surface area contributed by atoms with Crippen LogP contribution in [-0.4, -0.2) is 11.9 Å². The van der Waals surface area contributed by atoms with Crippen LogP contribution >= 0.6 is 38.6 Å². The van der Waals surface area contributed by atoms with Gasteiger partial charge in [0.2, 0.25) is 0 Å². The summed E-state index contributed by atoms with van der Waals surface area (Å²) in [6.07, 6.45) is 0.885. The Bertz CT molecular complexity index is 569. The maximum absolute atomic E-state index is 12.1. The zero-order valence-electron chi connectivity index (χ0n) is 11.1. The van der Waals surface area contributed by atoms with E-state index < -0.39 is 0 Å². The second-order valence-corrected chi connectivity index (χ2v) is 8.40. The van der Waals surface area contributed by atoms with Crippen LogP contribution < -0.4 is 5.32 Å². The maximum atomic E-state index is 12.1. The number of hydrogen-bond acceptors (Lipinski definition) is 3. The molecule has 5 heteroatoms. The Morgan fingerprint density at radius 3 is 2.63 bits per heavy atom. The molecule has 0 spiro atoms. The smallest absolute Gasteiger partial charge is 0.261 e. The second-order valence-electron chi connectivity index (χ2n) is 4.66. The molecule has 0 aliphatic heterocycles. The van der Waals surface area contributed by atoms with Crippen molar-refractivity contribution in [3.05, 3.63) is 42.2 Å². The van der Waals surface area contributed by atoms with Crippen molar-refractivity contribution in [1.29, 1.82) is 0 Å². The van der Waals surface area contributed by atoms with E-state index in [1.54, 1.807) is 11.3 Å². The number of halogens is 1. The summed E-state index contributed by atoms with van der Waals surface area (Å²) in [6, 6.07) is 6.32. The van der Waals surface area contributed by atoms with E-state index in [1.807, 2.05) is 19.9 Å². The zero-order chi connectivity index (χ0) is 14.0. The van der Waals surface area contributed by atoms with Crippen LogP contribution in [0.2, 0.25) is 0 Å². The van der Waals surface area contributed by atoms with Gasteiger partial charge in [-0.2, -0.15) is 0 Å². The van der Waals surface area contributed by atoms with Gasteiger partial charge in [0.25, 0.3) is 5.91 Å². The normalized spacial score (nSPS) is 12.4. The van der Waals surface area contributed by atoms with Crippen LogP contribution in [0.4, 0.5) is 0 Å². The lowest BCUT2D eigenvalue weighted by atomic mass is 10.2. The number of carbonyl (C=O) groups is 1. The van der Waals surface area contributed by atoms with Crippen molar-refractivity contribution in [3.63, 3.8) is 0 Å². The molecule has 2 nitrogen and oxygen atoms in total. The Labute approximate surface area is 130 Å². The first-order valence-corrected chi connectivity index (χ1v) is 8.50. The summed E-state index contributed by atoms with van der Waals surface area (Å²) in [7, 11) is 0. The van der Waals surface area contributed by atoms with Gasteiger partial charge in [0.15, 0.2) is 0 Å². The fourth-order valence-electron chi connectivity index (χ4n) is 1.81. The van der Waals surface area contributed by atoms with Crippen molar-refractivity contribution >= 4 is 44.5 Å². The summed E-state index contributed by atoms with van der Waals surface area (Å²) in [5.41, 5.74) is 1.11. The van der Waals surface area contributed by atoms with Gasteiger partial charge in [0.05, 0.1) is 8.66 Å². The van der Waals surface area contributed by atoms with Crippen molar-refractivity contribution in [2.45, 2.75) is 33.2 Å². The first kappa shape index (κ1) is 14.8. The van der Waals surface area contributed by atoms with Crippen LogP contribution in [0.1, 0.15) is 31.9 Å². The standard InChI is InChI=1S/C14H16BrNOS2/c1-8-6-12(19-13(8)15)14(17)16-9(2)7-11-5-4-10(3)18-11/h4-6,9H,7H2,1-3H3,(H,16,17). The highest BCUT2D eigenvalue weighted by atomic mass is 79.9. The molecule has 2 aromatic heterocycles. The van der Waals surface area contributed by atoms with Gasteiger partial charge in [-0.25, -0.2) is 0 Å². The Balaban J connectivity index is 1.95. The molecule has 102 valence electrons. The van der Waals surface area contributed by atoms with Crippen LogP contribution in [0.25, 0.3) is 0 Å². The molecule has 0 saturated carbocycles. The third-order valence-electron chi connectivity index (χ3n) is 2.76. The highest BCUT2D eigenvalue weighted by molar-refractivity contribution is 9.11. The predicted molar refractivity (Wildman–Crippen MR) is 86.4 cm³/mol. The van der Waals surface area contributed by atoms with Crippen LogP contribution in [0.5, 0.6) is 0 Å². The molecule has 2 heterocycles. The monoisotopic (exact) mass is 357 g/mol. The van der Waals surface area contributed by atoms with E-state index in [-0.39, 0.29) is 11.9 Å². The largest absolute Gasteiger partial charge is 0.349 e. The number of hydrogen-bond donors (Lipinski definition) is 1. The molecular formula is C14H16BrNOS2. The number of aryl methyl sites for hydroxylation is 2. The van der Waals surface area contributed by atoms with Gasteiger partial charge in [-0.15, -0.1) is 22.7 Å². The Morgan fingerprint density at radius 2 is 2.11 bits per heavy atom. The first-order chi connectivity index (χ1) is 8.95. The van der Waals surface area contributed by atoms with Gasteiger partial charge in [-0.05, 0) is 60.5 Å². The van der Waals surface area contributed by atoms with E-state index in [2.05, 4.69) is 40.3 Å². The molecule has 0 aliphatic rings. The maximum Gasteiger partial charge on any atom is 0.261 e. The molecule has 0 radical (unpaired) electrons. The zero-order valence-corrected chi connectivity index (χ0v) is 14.3. The summed E-state index contributed by atoms with van der Waals surface area (Å²) in [5, 5.41) is 3.05. The molecule has 2 aromatic rings. The van der Waals surface area contributed by atoms with Crippen molar-refractivity contribution in [3.8, 4) is 0 Å². The van der Waals surface area contributed by atoms with Crippen molar-refractivity contribution in [2.75, 3.05) is 0 Å². The molecule has 0 aliphatic carbocycles. The average molecular weight is 358 g/mol. The highest BCUT2D eigenvalue weighted by Crippen LogP contribution is 2.27. The molecular weight excluding hydrogens is 342 g/mol. The van der Waals surface area contributed by atoms with E-state index in [4.69, 9.17) is 0 Å². The van der Waals surface area contributed by atoms with E-state index in [0.29, 0.717) is 0 Å². The highest BCUT2D eigenvalue weighted by Gasteiger charge is 2.14. The molecule has 0 saturated heterocycles. The molecule has 0 bridgehead atoms. The van der Waals surface area contributed by atoms with E-state index in [9.17, 15) is 4.79 Å². The van der Waals surface area contributed by atoms with E-state index in [1.165, 1.54) is 21.1 Å². The van der Waals surface area contributed by atoms with Gasteiger partial charge in [0, 0.05) is 22.2 Å². The van der Waals surface area contributed by atoms with E-state index >= 15 is 0 Å². The summed E-state index contributed by atoms with van der Waals surface area (Å²) in [6.45, 7) is 6.14. The molecule has 19 heavy (non-hydrogen) atoms. The quantitative estimate of drug-likeness (QED) is 0.854. The number of carbonyl (C=O) groups excluding carboxylic acids is 1. The third kappa shape index (κ3) is 3.91. The topological polar surface area (TPSA) is 29.1 Å². The van der Waals surface area contributed by atoms with Crippen LogP contribution in [0.3, 0.4) is 0 Å². The van der Waals surface area contributed by atoms with Gasteiger partial charge in [-0.1, -0.05) is 0 Å². The molecule has 0 aromatic carbocycles. The van der Waals surface area contributed by atoms with Crippen LogP contribution in [0, 0.1) is 13.8 Å². The molecule has 1 amide bonds. The lowest BCUT2D eigenvalue weighted by molar-refractivity contribution is 0.0944. The minimum absolute atomic E-state index is 0.0135. The minimum atomic E-state index is 0.0135. The van der Waals surface area contributed by atoms with Crippen LogP contribution in [0.15, 0.2) is 22.0 Å². The van der Waals surface area contributed by atoms with Gasteiger partial charge in [0.1, 0.15) is 0 Å². The number of amides is 1. The summed E-state index contributed by atoms with van der Waals surface area (Å²) < 4.78 is 1.03. The molecule has 2 rings (SSSR count). The lowest BCUT2D eigenvalue weighted by Crippen LogP contribution is -2.33. The van der Waals surface area contributed by atoms with Gasteiger partial charge in [-0.3, -0.25) is 4.79 Å². The van der Waals surface area contributed by atoms with Crippen molar-refractivity contribution < 1.29 is 4.79 Å². The summed E-state index contributed by atoms with van der Waals surface area (Å²) in [4.78, 5) is 15.5. The Kier molecular flexibility index (Phi) is 4.81. The Hall–Kier alpha value is -0.650. The lowest BCUT2D eigenvalue weighted by Gasteiger charge is -2.11. The van der Waals surface area contributed by atoms with Crippen LogP contribution in [-0.2, 0) is 6.42 Å². The summed E-state index contributed by atoms with van der Waals surface area (Å²) in [5.74, 6) is 0.0135. The number of nitrogens with one attached hydrogen (secondary N) is 1. The van der Waals surface area contributed by atoms with E-state index in [0.717, 1.165) is 20.6 Å². The fraction of sp³-hybridized carbons (Fsp3) is 0.357. The SMILES string of the molecule is Cc1ccc(CC(C)NC(=O)c2cc(C)c(Br)s2)s1.